The van der Waals surface area contributed by atoms with E-state index in [1.165, 1.54) is 11.3 Å². The van der Waals surface area contributed by atoms with Crippen LogP contribution in [-0.4, -0.2) is 46.4 Å². The molecule has 0 spiro atoms. The zero-order valence-electron chi connectivity index (χ0n) is 13.1. The van der Waals surface area contributed by atoms with Crippen molar-refractivity contribution in [2.24, 2.45) is 5.92 Å². The minimum absolute atomic E-state index is 0.0636. The number of nitrogens with one attached hydrogen (secondary N) is 2. The van der Waals surface area contributed by atoms with Gasteiger partial charge in [-0.2, -0.15) is 0 Å². The number of nitrogens with zero attached hydrogens (tertiary/aromatic N) is 2. The Hall–Kier alpha value is -1.63. The van der Waals surface area contributed by atoms with Crippen molar-refractivity contribution in [1.82, 2.24) is 15.2 Å². The number of hydrogen-bond acceptors (Lipinski definition) is 5. The molecule has 2 heterocycles. The Kier molecular flexibility index (Phi) is 3.75. The van der Waals surface area contributed by atoms with Crippen molar-refractivity contribution in [2.45, 2.75) is 50.1 Å². The molecule has 2 saturated carbocycles. The van der Waals surface area contributed by atoms with Crippen molar-refractivity contribution in [3.63, 3.8) is 0 Å². The molecule has 0 unspecified atom stereocenters. The maximum atomic E-state index is 12.8. The first-order valence-corrected chi connectivity index (χ1v) is 9.32. The molecule has 0 radical (unpaired) electrons. The number of thiazole rings is 1. The molecule has 1 aromatic rings. The van der Waals surface area contributed by atoms with Gasteiger partial charge in [0, 0.05) is 36.6 Å². The van der Waals surface area contributed by atoms with E-state index in [0.29, 0.717) is 32.0 Å². The molecule has 2 amide bonds. The zero-order chi connectivity index (χ0) is 15.9. The van der Waals surface area contributed by atoms with Gasteiger partial charge in [0.1, 0.15) is 5.54 Å². The number of hydrogen-bond donors (Lipinski definition) is 2. The molecule has 4 rings (SSSR count). The summed E-state index contributed by atoms with van der Waals surface area (Å²) in [6, 6.07) is 0.337. The third-order valence-corrected chi connectivity index (χ3v) is 5.67. The normalized spacial score (nSPS) is 23.4. The largest absolute Gasteiger partial charge is 0.351 e. The first kappa shape index (κ1) is 14.9. The molecule has 3 aliphatic rings. The Morgan fingerprint density at radius 2 is 1.96 bits per heavy atom. The van der Waals surface area contributed by atoms with Crippen LogP contribution in [0.5, 0.6) is 0 Å². The molecule has 124 valence electrons. The summed E-state index contributed by atoms with van der Waals surface area (Å²) in [7, 11) is 0. The zero-order valence-corrected chi connectivity index (χ0v) is 13.9. The van der Waals surface area contributed by atoms with Gasteiger partial charge >= 0.3 is 0 Å². The van der Waals surface area contributed by atoms with Gasteiger partial charge in [-0.05, 0) is 38.5 Å². The predicted octanol–water partition coefficient (Wildman–Crippen LogP) is 1.60. The topological polar surface area (TPSA) is 74.3 Å². The molecule has 2 N–H and O–H groups in total. The summed E-state index contributed by atoms with van der Waals surface area (Å²) < 4.78 is 0. The van der Waals surface area contributed by atoms with Crippen LogP contribution in [0.1, 0.15) is 38.5 Å². The Balaban J connectivity index is 1.46. The maximum Gasteiger partial charge on any atom is 0.246 e. The van der Waals surface area contributed by atoms with E-state index in [1.54, 1.807) is 6.20 Å². The first-order valence-electron chi connectivity index (χ1n) is 8.44. The van der Waals surface area contributed by atoms with Crippen molar-refractivity contribution in [3.8, 4) is 0 Å². The number of rotatable bonds is 5. The highest BCUT2D eigenvalue weighted by atomic mass is 32.1. The van der Waals surface area contributed by atoms with E-state index in [9.17, 15) is 9.59 Å². The second-order valence-corrected chi connectivity index (χ2v) is 7.79. The molecule has 0 bridgehead atoms. The van der Waals surface area contributed by atoms with Crippen LogP contribution in [0.3, 0.4) is 0 Å². The lowest BCUT2D eigenvalue weighted by Gasteiger charge is -2.41. The van der Waals surface area contributed by atoms with Gasteiger partial charge in [-0.25, -0.2) is 4.98 Å². The molecule has 2 aliphatic carbocycles. The van der Waals surface area contributed by atoms with E-state index >= 15 is 0 Å². The average molecular weight is 334 g/mol. The van der Waals surface area contributed by atoms with Gasteiger partial charge in [0.15, 0.2) is 5.13 Å². The van der Waals surface area contributed by atoms with Gasteiger partial charge in [0.25, 0.3) is 0 Å². The molecule has 6 nitrogen and oxygen atoms in total. The third kappa shape index (κ3) is 3.20. The van der Waals surface area contributed by atoms with Crippen LogP contribution in [0.2, 0.25) is 0 Å². The summed E-state index contributed by atoms with van der Waals surface area (Å²) in [5, 5.41) is 9.18. The van der Waals surface area contributed by atoms with Crippen molar-refractivity contribution in [3.05, 3.63) is 11.6 Å². The molecular weight excluding hydrogens is 312 g/mol. The lowest BCUT2D eigenvalue weighted by molar-refractivity contribution is -0.137. The van der Waals surface area contributed by atoms with E-state index in [1.807, 2.05) is 10.3 Å². The Morgan fingerprint density at radius 3 is 2.52 bits per heavy atom. The smallest absolute Gasteiger partial charge is 0.246 e. The number of amides is 2. The summed E-state index contributed by atoms with van der Waals surface area (Å²) in [6.07, 6.45) is 7.23. The van der Waals surface area contributed by atoms with Gasteiger partial charge in [-0.1, -0.05) is 0 Å². The highest BCUT2D eigenvalue weighted by Crippen LogP contribution is 2.35. The van der Waals surface area contributed by atoms with E-state index in [0.717, 1.165) is 30.8 Å². The summed E-state index contributed by atoms with van der Waals surface area (Å²) in [5.74, 6) is 0.582. The molecular formula is C16H22N4O2S. The molecule has 0 atom stereocenters. The summed E-state index contributed by atoms with van der Waals surface area (Å²) in [4.78, 5) is 31.3. The standard InChI is InChI=1S/C16H22N4O2S/c21-13(11-1-2-11)20-8-5-16(6-9-20,14(22)18-12-3-4-12)19-15-17-7-10-23-15/h7,10-12H,1-6,8-9H2,(H,17,19)(H,18,22). The number of aromatic nitrogens is 1. The predicted molar refractivity (Wildman–Crippen MR) is 88.2 cm³/mol. The highest BCUT2D eigenvalue weighted by molar-refractivity contribution is 7.13. The van der Waals surface area contributed by atoms with Gasteiger partial charge in [-0.3, -0.25) is 9.59 Å². The molecule has 7 heteroatoms. The third-order valence-electron chi connectivity index (χ3n) is 4.98. The van der Waals surface area contributed by atoms with Crippen molar-refractivity contribution >= 4 is 28.3 Å². The Bertz CT molecular complexity index is 587. The molecule has 1 aliphatic heterocycles. The van der Waals surface area contributed by atoms with Crippen molar-refractivity contribution < 1.29 is 9.59 Å². The minimum atomic E-state index is -0.638. The van der Waals surface area contributed by atoms with Gasteiger partial charge in [0.05, 0.1) is 0 Å². The van der Waals surface area contributed by atoms with Crippen molar-refractivity contribution in [1.29, 1.82) is 0 Å². The maximum absolute atomic E-state index is 12.8. The molecule has 23 heavy (non-hydrogen) atoms. The quantitative estimate of drug-likeness (QED) is 0.858. The van der Waals surface area contributed by atoms with Gasteiger partial charge < -0.3 is 15.5 Å². The molecule has 1 aromatic heterocycles. The number of piperidine rings is 1. The number of likely N-dealkylation sites (tertiary alicyclic amines) is 1. The van der Waals surface area contributed by atoms with Gasteiger partial charge in [0.2, 0.25) is 11.8 Å². The van der Waals surface area contributed by atoms with Crippen LogP contribution in [0, 0.1) is 5.92 Å². The Labute approximate surface area is 139 Å². The fourth-order valence-corrected chi connectivity index (χ4v) is 3.77. The van der Waals surface area contributed by atoms with Crippen LogP contribution >= 0.6 is 11.3 Å². The Morgan fingerprint density at radius 1 is 1.22 bits per heavy atom. The molecule has 1 saturated heterocycles. The summed E-state index contributed by atoms with van der Waals surface area (Å²) in [6.45, 7) is 1.29. The van der Waals surface area contributed by atoms with Crippen LogP contribution in [0.25, 0.3) is 0 Å². The second-order valence-electron chi connectivity index (χ2n) is 6.89. The van der Waals surface area contributed by atoms with Crippen LogP contribution in [0.4, 0.5) is 5.13 Å². The lowest BCUT2D eigenvalue weighted by Crippen LogP contribution is -2.59. The van der Waals surface area contributed by atoms with Crippen LogP contribution in [-0.2, 0) is 9.59 Å². The van der Waals surface area contributed by atoms with Gasteiger partial charge in [-0.15, -0.1) is 11.3 Å². The van der Waals surface area contributed by atoms with E-state index in [4.69, 9.17) is 0 Å². The number of anilines is 1. The summed E-state index contributed by atoms with van der Waals surface area (Å²) in [5.41, 5.74) is -0.638. The van der Waals surface area contributed by atoms with E-state index in [-0.39, 0.29) is 17.7 Å². The fourth-order valence-electron chi connectivity index (χ4n) is 3.15. The highest BCUT2D eigenvalue weighted by Gasteiger charge is 2.45. The average Bonchev–Trinajstić information content (AvgIpc) is 3.48. The lowest BCUT2D eigenvalue weighted by atomic mass is 9.86. The second kappa shape index (κ2) is 5.78. The SMILES string of the molecule is O=C(C1CC1)N1CCC(Nc2nccs2)(C(=O)NC2CC2)CC1. The number of carbonyl (C=O) groups excluding carboxylic acids is 2. The van der Waals surface area contributed by atoms with Crippen molar-refractivity contribution in [2.75, 3.05) is 18.4 Å². The van der Waals surface area contributed by atoms with E-state index in [2.05, 4.69) is 15.6 Å². The van der Waals surface area contributed by atoms with E-state index < -0.39 is 5.54 Å². The van der Waals surface area contributed by atoms with Crippen LogP contribution < -0.4 is 10.6 Å². The minimum Gasteiger partial charge on any atom is -0.351 e. The van der Waals surface area contributed by atoms with Crippen LogP contribution in [0.15, 0.2) is 11.6 Å². The monoisotopic (exact) mass is 334 g/mol. The molecule has 0 aromatic carbocycles. The fraction of sp³-hybridized carbons (Fsp3) is 0.688. The summed E-state index contributed by atoms with van der Waals surface area (Å²) >= 11 is 1.51. The number of carbonyl (C=O) groups is 2. The first-order chi connectivity index (χ1) is 11.2. The molecule has 3 fully saturated rings.